The zero-order valence-corrected chi connectivity index (χ0v) is 38.3. The number of ether oxygens (including phenoxy) is 2. The van der Waals surface area contributed by atoms with E-state index in [1.807, 2.05) is 0 Å². The van der Waals surface area contributed by atoms with Gasteiger partial charge in [0.15, 0.2) is 0 Å². The average molecular weight is 830 g/mol. The molecular weight excluding hydrogens is 735 g/mol. The van der Waals surface area contributed by atoms with Crippen molar-refractivity contribution in [3.8, 4) is 0 Å². The molecule has 0 aliphatic rings. The van der Waals surface area contributed by atoms with Crippen LogP contribution in [0.15, 0.2) is 18.2 Å². The van der Waals surface area contributed by atoms with Crippen LogP contribution < -0.4 is 11.1 Å². The maximum Gasteiger partial charge on any atom is 0.141 e. The number of benzene rings is 1. The summed E-state index contributed by atoms with van der Waals surface area (Å²) in [6, 6.07) is 4.32. The lowest BCUT2D eigenvalue weighted by Gasteiger charge is -2.16. The molecule has 6 nitrogen and oxygen atoms in total. The lowest BCUT2D eigenvalue weighted by atomic mass is 10.0. The average Bonchev–Trinajstić information content (AvgIpc) is 3.22. The van der Waals surface area contributed by atoms with E-state index < -0.39 is 5.82 Å². The molecule has 8 heteroatoms. The number of aliphatic hydroxyl groups is 2. The van der Waals surface area contributed by atoms with Crippen LogP contribution in [0, 0.1) is 5.82 Å². The Bertz CT molecular complexity index is 929. The van der Waals surface area contributed by atoms with Crippen LogP contribution in [-0.2, 0) is 16.0 Å². The lowest BCUT2D eigenvalue weighted by Crippen LogP contribution is -2.36. The number of aliphatic hydroxyl groups excluding tert-OH is 2. The molecule has 0 saturated heterocycles. The zero-order valence-electron chi connectivity index (χ0n) is 37.5. The van der Waals surface area contributed by atoms with Crippen molar-refractivity contribution >= 4 is 11.6 Å². The lowest BCUT2D eigenvalue weighted by molar-refractivity contribution is 0.0854. The monoisotopic (exact) mass is 829 g/mol. The summed E-state index contributed by atoms with van der Waals surface area (Å²) >= 11 is 5.81. The van der Waals surface area contributed by atoms with E-state index in [0.29, 0.717) is 19.8 Å². The van der Waals surface area contributed by atoms with E-state index in [1.165, 1.54) is 199 Å². The fraction of sp³-hybridized carbons (Fsp3) is 0.878. The highest BCUT2D eigenvalue weighted by atomic mass is 35.5. The standard InChI is InChI=1S/C28H49ClFNO2.C21H45NO2/c1-2-3-4-5-6-7-8-9-10-11-12-13-14-15-16-17-20-33-24-26(23-32)31-22-25-18-19-28(30)27(29)21-25;1-2-3-4-5-6-7-8-9-10-11-12-13-14-15-16-17-18-24-20-21(22)19-23/h18-19,21,26,31-32H,2-17,20,22-24H2,1H3;21,23H,2-20,22H2,1H3/t26-;21-/m00/s1. The smallest absolute Gasteiger partial charge is 0.141 e. The molecule has 0 aromatic heterocycles. The van der Waals surface area contributed by atoms with Gasteiger partial charge in [-0.05, 0) is 30.5 Å². The summed E-state index contributed by atoms with van der Waals surface area (Å²) in [5.74, 6) is -0.415. The maximum absolute atomic E-state index is 13.2. The molecule has 57 heavy (non-hydrogen) atoms. The third-order valence-electron chi connectivity index (χ3n) is 11.0. The Morgan fingerprint density at radius 2 is 0.895 bits per heavy atom. The maximum atomic E-state index is 13.2. The van der Waals surface area contributed by atoms with Gasteiger partial charge in [0.2, 0.25) is 0 Å². The van der Waals surface area contributed by atoms with Crippen LogP contribution in [0.25, 0.3) is 0 Å². The predicted molar refractivity (Wildman–Crippen MR) is 245 cm³/mol. The molecule has 0 aliphatic heterocycles. The van der Waals surface area contributed by atoms with Gasteiger partial charge in [-0.15, -0.1) is 0 Å². The second kappa shape index (κ2) is 46.3. The highest BCUT2D eigenvalue weighted by Gasteiger charge is 2.08. The van der Waals surface area contributed by atoms with Crippen molar-refractivity contribution in [2.75, 3.05) is 39.6 Å². The van der Waals surface area contributed by atoms with Gasteiger partial charge in [-0.25, -0.2) is 4.39 Å². The Morgan fingerprint density at radius 1 is 0.544 bits per heavy atom. The molecule has 0 unspecified atom stereocenters. The van der Waals surface area contributed by atoms with Crippen LogP contribution >= 0.6 is 11.6 Å². The second-order valence-corrected chi connectivity index (χ2v) is 17.1. The summed E-state index contributed by atoms with van der Waals surface area (Å²) in [5.41, 5.74) is 6.46. The summed E-state index contributed by atoms with van der Waals surface area (Å²) in [5, 5.41) is 21.6. The largest absolute Gasteiger partial charge is 0.395 e. The van der Waals surface area contributed by atoms with Crippen LogP contribution in [-0.4, -0.2) is 61.9 Å². The Morgan fingerprint density at radius 3 is 1.23 bits per heavy atom. The first-order chi connectivity index (χ1) is 28.0. The summed E-state index contributed by atoms with van der Waals surface area (Å²) < 4.78 is 24.4. The van der Waals surface area contributed by atoms with Crippen molar-refractivity contribution in [3.63, 3.8) is 0 Å². The first-order valence-electron chi connectivity index (χ1n) is 24.3. The molecule has 0 aliphatic carbocycles. The van der Waals surface area contributed by atoms with Gasteiger partial charge in [-0.2, -0.15) is 0 Å². The van der Waals surface area contributed by atoms with Crippen LogP contribution in [0.4, 0.5) is 4.39 Å². The van der Waals surface area contributed by atoms with Crippen molar-refractivity contribution in [1.29, 1.82) is 0 Å². The van der Waals surface area contributed by atoms with Gasteiger partial charge in [0.25, 0.3) is 0 Å². The number of unbranched alkanes of at least 4 members (excludes halogenated alkanes) is 30. The molecule has 0 bridgehead atoms. The molecule has 338 valence electrons. The van der Waals surface area contributed by atoms with Gasteiger partial charge in [0, 0.05) is 19.8 Å². The summed E-state index contributed by atoms with van der Waals surface area (Å²) in [7, 11) is 0. The van der Waals surface area contributed by atoms with Crippen molar-refractivity contribution in [3.05, 3.63) is 34.6 Å². The quantitative estimate of drug-likeness (QED) is 0.0490. The Balaban J connectivity index is 0.00000116. The molecular formula is C49H94ClFN2O4. The first kappa shape index (κ1) is 56.2. The number of nitrogens with one attached hydrogen (secondary N) is 1. The van der Waals surface area contributed by atoms with Crippen molar-refractivity contribution in [2.24, 2.45) is 5.73 Å². The SMILES string of the molecule is CCCCCCCCCCCCCCCCCCOC[C@@H](N)CO.CCCCCCCCCCCCCCCCCCOC[C@H](CO)NCc1ccc(F)c(Cl)c1. The van der Waals surface area contributed by atoms with E-state index in [-0.39, 0.29) is 30.3 Å². The van der Waals surface area contributed by atoms with E-state index in [1.54, 1.807) is 12.1 Å². The molecule has 0 heterocycles. The Labute approximate surface area is 357 Å². The number of rotatable bonds is 43. The van der Waals surface area contributed by atoms with Gasteiger partial charge < -0.3 is 30.7 Å². The third kappa shape index (κ3) is 41.7. The highest BCUT2D eigenvalue weighted by molar-refractivity contribution is 6.30. The molecule has 1 rings (SSSR count). The third-order valence-corrected chi connectivity index (χ3v) is 11.3. The van der Waals surface area contributed by atoms with E-state index in [4.69, 9.17) is 31.9 Å². The van der Waals surface area contributed by atoms with E-state index >= 15 is 0 Å². The zero-order chi connectivity index (χ0) is 41.7. The van der Waals surface area contributed by atoms with Gasteiger partial charge >= 0.3 is 0 Å². The fourth-order valence-electron chi connectivity index (χ4n) is 7.11. The van der Waals surface area contributed by atoms with Gasteiger partial charge in [-0.3, -0.25) is 0 Å². The summed E-state index contributed by atoms with van der Waals surface area (Å²) in [6.07, 6.45) is 44.0. The normalized spacial score (nSPS) is 12.5. The van der Waals surface area contributed by atoms with Crippen LogP contribution in [0.1, 0.15) is 225 Å². The van der Waals surface area contributed by atoms with Crippen molar-refractivity contribution in [2.45, 2.75) is 238 Å². The van der Waals surface area contributed by atoms with Crippen LogP contribution in [0.2, 0.25) is 5.02 Å². The van der Waals surface area contributed by atoms with Gasteiger partial charge in [0.1, 0.15) is 5.82 Å². The van der Waals surface area contributed by atoms with Crippen LogP contribution in [0.5, 0.6) is 0 Å². The highest BCUT2D eigenvalue weighted by Crippen LogP contribution is 2.17. The number of nitrogens with two attached hydrogens (primary N) is 1. The second-order valence-electron chi connectivity index (χ2n) is 16.7. The first-order valence-corrected chi connectivity index (χ1v) is 24.7. The fourth-order valence-corrected chi connectivity index (χ4v) is 7.31. The molecule has 0 fully saturated rings. The van der Waals surface area contributed by atoms with Crippen molar-refractivity contribution in [1.82, 2.24) is 5.32 Å². The molecule has 0 spiro atoms. The topological polar surface area (TPSA) is 97.0 Å². The van der Waals surface area contributed by atoms with E-state index in [0.717, 1.165) is 31.6 Å². The minimum absolute atomic E-state index is 0.00782. The Hall–Kier alpha value is -0.800. The predicted octanol–water partition coefficient (Wildman–Crippen LogP) is 13.8. The number of hydrogen-bond acceptors (Lipinski definition) is 6. The molecule has 0 saturated carbocycles. The molecule has 0 amide bonds. The molecule has 0 radical (unpaired) electrons. The van der Waals surface area contributed by atoms with Gasteiger partial charge in [-0.1, -0.05) is 224 Å². The van der Waals surface area contributed by atoms with Crippen molar-refractivity contribution < 1.29 is 24.1 Å². The minimum atomic E-state index is -0.415. The molecule has 1 aromatic carbocycles. The summed E-state index contributed by atoms with van der Waals surface area (Å²) in [6.45, 7) is 7.58. The Kier molecular flexibility index (Phi) is 45.6. The number of hydrogen-bond donors (Lipinski definition) is 4. The summed E-state index contributed by atoms with van der Waals surface area (Å²) in [4.78, 5) is 0. The minimum Gasteiger partial charge on any atom is -0.395 e. The van der Waals surface area contributed by atoms with Crippen LogP contribution in [0.3, 0.4) is 0 Å². The number of halogens is 2. The molecule has 1 aromatic rings. The van der Waals surface area contributed by atoms with E-state index in [2.05, 4.69) is 19.2 Å². The van der Waals surface area contributed by atoms with Gasteiger partial charge in [0.05, 0.1) is 43.5 Å². The van der Waals surface area contributed by atoms with E-state index in [9.17, 15) is 9.50 Å². The molecule has 2 atom stereocenters. The molecule has 5 N–H and O–H groups in total.